The van der Waals surface area contributed by atoms with Gasteiger partial charge in [0.05, 0.1) is 0 Å². The Morgan fingerprint density at radius 3 is 2.18 bits per heavy atom. The fourth-order valence-corrected chi connectivity index (χ4v) is 4.00. The molecule has 1 rings (SSSR count). The highest BCUT2D eigenvalue weighted by atomic mass is 16.6. The van der Waals surface area contributed by atoms with Crippen molar-refractivity contribution in [1.82, 2.24) is 15.5 Å². The van der Waals surface area contributed by atoms with Gasteiger partial charge in [0, 0.05) is 13.1 Å². The fourth-order valence-electron chi connectivity index (χ4n) is 4.00. The highest BCUT2D eigenvalue weighted by Gasteiger charge is 2.35. The SMILES string of the molecule is CCCC(C)NC(=O)C(c1ccc(C)cc1C)N(C)C(=O)C(CC(C)C)NC(=O)OC(C)(C)C. The summed E-state index contributed by atoms with van der Waals surface area (Å²) in [6.07, 6.45) is 1.57. The minimum absolute atomic E-state index is 0.0133. The third-order valence-corrected chi connectivity index (χ3v) is 5.51. The number of hydrogen-bond acceptors (Lipinski definition) is 4. The molecule has 34 heavy (non-hydrogen) atoms. The third-order valence-electron chi connectivity index (χ3n) is 5.51. The molecule has 0 radical (unpaired) electrons. The van der Waals surface area contributed by atoms with E-state index in [1.54, 1.807) is 27.8 Å². The number of alkyl carbamates (subject to hydrolysis) is 1. The van der Waals surface area contributed by atoms with E-state index in [0.717, 1.165) is 29.5 Å². The van der Waals surface area contributed by atoms with Gasteiger partial charge in [-0.15, -0.1) is 0 Å². The summed E-state index contributed by atoms with van der Waals surface area (Å²) in [4.78, 5) is 41.0. The van der Waals surface area contributed by atoms with Gasteiger partial charge in [-0.05, 0) is 71.4 Å². The number of aryl methyl sites for hydroxylation is 2. The average Bonchev–Trinajstić information content (AvgIpc) is 2.66. The Kier molecular flexibility index (Phi) is 11.1. The molecule has 0 aliphatic heterocycles. The maximum Gasteiger partial charge on any atom is 0.408 e. The second-order valence-corrected chi connectivity index (χ2v) is 10.7. The van der Waals surface area contributed by atoms with E-state index in [0.29, 0.717) is 6.42 Å². The maximum atomic E-state index is 13.7. The molecule has 0 aliphatic rings. The molecule has 3 atom stereocenters. The minimum Gasteiger partial charge on any atom is -0.444 e. The first-order valence-corrected chi connectivity index (χ1v) is 12.3. The lowest BCUT2D eigenvalue weighted by Gasteiger charge is -2.33. The molecule has 0 spiro atoms. The largest absolute Gasteiger partial charge is 0.444 e. The van der Waals surface area contributed by atoms with Crippen molar-refractivity contribution in [3.8, 4) is 0 Å². The summed E-state index contributed by atoms with van der Waals surface area (Å²) in [5, 5.41) is 5.80. The first kappa shape index (κ1) is 29.5. The van der Waals surface area contributed by atoms with Crippen LogP contribution in [-0.2, 0) is 14.3 Å². The molecule has 0 heterocycles. The van der Waals surface area contributed by atoms with Crippen LogP contribution in [-0.4, -0.2) is 47.5 Å². The summed E-state index contributed by atoms with van der Waals surface area (Å²) in [7, 11) is 1.63. The number of nitrogens with one attached hydrogen (secondary N) is 2. The molecule has 7 heteroatoms. The highest BCUT2D eigenvalue weighted by molar-refractivity contribution is 5.92. The normalized spacial score (nSPS) is 14.2. The van der Waals surface area contributed by atoms with E-state index in [1.165, 1.54) is 4.90 Å². The van der Waals surface area contributed by atoms with E-state index in [-0.39, 0.29) is 23.8 Å². The number of carbonyl (C=O) groups is 3. The first-order valence-electron chi connectivity index (χ1n) is 12.3. The number of ether oxygens (including phenoxy) is 1. The Hall–Kier alpha value is -2.57. The second-order valence-electron chi connectivity index (χ2n) is 10.7. The topological polar surface area (TPSA) is 87.7 Å². The third kappa shape index (κ3) is 9.35. The van der Waals surface area contributed by atoms with Crippen LogP contribution in [0.1, 0.15) is 90.5 Å². The summed E-state index contributed by atoms with van der Waals surface area (Å²) in [6.45, 7) is 17.3. The molecule has 0 saturated carbocycles. The van der Waals surface area contributed by atoms with Crippen LogP contribution in [0.2, 0.25) is 0 Å². The molecule has 0 aliphatic carbocycles. The molecule has 192 valence electrons. The van der Waals surface area contributed by atoms with Crippen LogP contribution in [0.5, 0.6) is 0 Å². The summed E-state index contributed by atoms with van der Waals surface area (Å²) in [6, 6.07) is 4.22. The number of benzene rings is 1. The molecule has 0 aromatic heterocycles. The summed E-state index contributed by atoms with van der Waals surface area (Å²) in [5.41, 5.74) is 2.10. The number of hydrogen-bond donors (Lipinski definition) is 2. The second kappa shape index (κ2) is 12.8. The van der Waals surface area contributed by atoms with Crippen LogP contribution in [0.15, 0.2) is 18.2 Å². The average molecular weight is 476 g/mol. The van der Waals surface area contributed by atoms with Gasteiger partial charge in [0.2, 0.25) is 11.8 Å². The monoisotopic (exact) mass is 475 g/mol. The lowest BCUT2D eigenvalue weighted by molar-refractivity contribution is -0.141. The Balaban J connectivity index is 3.32. The quantitative estimate of drug-likeness (QED) is 0.496. The smallest absolute Gasteiger partial charge is 0.408 e. The van der Waals surface area contributed by atoms with Crippen molar-refractivity contribution in [2.45, 2.75) is 105 Å². The van der Waals surface area contributed by atoms with Crippen molar-refractivity contribution in [3.63, 3.8) is 0 Å². The van der Waals surface area contributed by atoms with Crippen molar-refractivity contribution in [2.24, 2.45) is 5.92 Å². The molecular formula is C27H45N3O4. The van der Waals surface area contributed by atoms with Gasteiger partial charge in [0.15, 0.2) is 0 Å². The summed E-state index contributed by atoms with van der Waals surface area (Å²) >= 11 is 0. The predicted molar refractivity (Wildman–Crippen MR) is 137 cm³/mol. The van der Waals surface area contributed by atoms with Crippen LogP contribution in [0, 0.1) is 19.8 Å². The number of carbonyl (C=O) groups excluding carboxylic acids is 3. The number of likely N-dealkylation sites (N-methyl/N-ethyl adjacent to an activating group) is 1. The Morgan fingerprint density at radius 1 is 1.06 bits per heavy atom. The van der Waals surface area contributed by atoms with Crippen molar-refractivity contribution in [1.29, 1.82) is 0 Å². The van der Waals surface area contributed by atoms with Crippen LogP contribution in [0.25, 0.3) is 0 Å². The zero-order chi connectivity index (χ0) is 26.2. The summed E-state index contributed by atoms with van der Waals surface area (Å²) in [5.74, 6) is -0.414. The maximum absolute atomic E-state index is 13.7. The molecule has 0 bridgehead atoms. The van der Waals surface area contributed by atoms with Gasteiger partial charge in [-0.25, -0.2) is 4.79 Å². The lowest BCUT2D eigenvalue weighted by atomic mass is 9.95. The van der Waals surface area contributed by atoms with Gasteiger partial charge in [0.25, 0.3) is 0 Å². The van der Waals surface area contributed by atoms with Gasteiger partial charge in [-0.1, -0.05) is 51.0 Å². The Bertz CT molecular complexity index is 845. The van der Waals surface area contributed by atoms with E-state index in [4.69, 9.17) is 4.74 Å². The minimum atomic E-state index is -0.817. The molecule has 1 aromatic carbocycles. The number of amides is 3. The van der Waals surface area contributed by atoms with Crippen LogP contribution in [0.4, 0.5) is 4.79 Å². The van der Waals surface area contributed by atoms with Crippen LogP contribution < -0.4 is 10.6 Å². The van der Waals surface area contributed by atoms with Gasteiger partial charge in [-0.2, -0.15) is 0 Å². The van der Waals surface area contributed by atoms with Crippen molar-refractivity contribution < 1.29 is 19.1 Å². The fraction of sp³-hybridized carbons (Fsp3) is 0.667. The van der Waals surface area contributed by atoms with Gasteiger partial charge < -0.3 is 20.3 Å². The van der Waals surface area contributed by atoms with Crippen molar-refractivity contribution >= 4 is 17.9 Å². The zero-order valence-corrected chi connectivity index (χ0v) is 22.7. The Morgan fingerprint density at radius 2 is 1.68 bits per heavy atom. The molecule has 0 fully saturated rings. The van der Waals surface area contributed by atoms with Gasteiger partial charge in [0.1, 0.15) is 17.7 Å². The van der Waals surface area contributed by atoms with E-state index in [2.05, 4.69) is 17.6 Å². The van der Waals surface area contributed by atoms with Gasteiger partial charge >= 0.3 is 6.09 Å². The molecular weight excluding hydrogens is 430 g/mol. The summed E-state index contributed by atoms with van der Waals surface area (Å²) < 4.78 is 5.38. The van der Waals surface area contributed by atoms with E-state index in [1.807, 2.05) is 52.8 Å². The predicted octanol–water partition coefficient (Wildman–Crippen LogP) is 5.05. The molecule has 3 amide bonds. The molecule has 2 N–H and O–H groups in total. The Labute approximate surface area is 206 Å². The van der Waals surface area contributed by atoms with E-state index >= 15 is 0 Å². The number of rotatable bonds is 10. The van der Waals surface area contributed by atoms with E-state index < -0.39 is 23.8 Å². The zero-order valence-electron chi connectivity index (χ0n) is 22.7. The first-order chi connectivity index (χ1) is 15.7. The number of nitrogens with zero attached hydrogens (tertiary/aromatic N) is 1. The molecule has 3 unspecified atom stereocenters. The molecule has 0 saturated heterocycles. The van der Waals surface area contributed by atoms with Crippen LogP contribution in [0.3, 0.4) is 0 Å². The van der Waals surface area contributed by atoms with Crippen molar-refractivity contribution in [3.05, 3.63) is 34.9 Å². The molecule has 1 aromatic rings. The van der Waals surface area contributed by atoms with E-state index in [9.17, 15) is 14.4 Å². The highest BCUT2D eigenvalue weighted by Crippen LogP contribution is 2.26. The lowest BCUT2D eigenvalue weighted by Crippen LogP contribution is -2.52. The van der Waals surface area contributed by atoms with Crippen molar-refractivity contribution in [2.75, 3.05) is 7.05 Å². The standard InChI is InChI=1S/C27H45N3O4/c1-11-12-20(6)28-24(31)23(21-14-13-18(4)16-19(21)5)30(10)25(32)22(15-17(2)3)29-26(33)34-27(7,8)9/h13-14,16-17,20,22-23H,11-12,15H2,1-10H3,(H,28,31)(H,29,33). The van der Waals surface area contributed by atoms with Gasteiger partial charge in [-0.3, -0.25) is 9.59 Å². The van der Waals surface area contributed by atoms with Crippen LogP contribution >= 0.6 is 0 Å². The molecule has 7 nitrogen and oxygen atoms in total.